The van der Waals surface area contributed by atoms with E-state index in [2.05, 4.69) is 37.2 Å². The summed E-state index contributed by atoms with van der Waals surface area (Å²) in [6.07, 6.45) is 0. The Balaban J connectivity index is 2.15. The van der Waals surface area contributed by atoms with Crippen LogP contribution in [-0.4, -0.2) is 7.11 Å². The van der Waals surface area contributed by atoms with Gasteiger partial charge in [0.05, 0.1) is 26.8 Å². The van der Waals surface area contributed by atoms with Crippen molar-refractivity contribution in [3.05, 3.63) is 55.4 Å². The van der Waals surface area contributed by atoms with Gasteiger partial charge in [0.1, 0.15) is 5.75 Å². The maximum atomic E-state index is 6.20. The highest BCUT2D eigenvalue weighted by Crippen LogP contribution is 2.34. The van der Waals surface area contributed by atoms with Gasteiger partial charge in [-0.05, 0) is 74.2 Å². The van der Waals surface area contributed by atoms with E-state index < -0.39 is 0 Å². The molecule has 0 atom stereocenters. The van der Waals surface area contributed by atoms with E-state index in [4.69, 9.17) is 16.3 Å². The number of aryl methyl sites for hydroxylation is 1. The third-order valence-corrected chi connectivity index (χ3v) is 4.36. The van der Waals surface area contributed by atoms with Crippen LogP contribution in [0.4, 0.5) is 5.69 Å². The molecule has 2 rings (SSSR count). The third kappa shape index (κ3) is 3.68. The molecule has 5 heteroatoms. The van der Waals surface area contributed by atoms with Crippen molar-refractivity contribution >= 4 is 49.1 Å². The van der Waals surface area contributed by atoms with Crippen molar-refractivity contribution in [1.29, 1.82) is 0 Å². The summed E-state index contributed by atoms with van der Waals surface area (Å²) < 4.78 is 7.13. The van der Waals surface area contributed by atoms with Crippen LogP contribution in [0.5, 0.6) is 5.75 Å². The van der Waals surface area contributed by atoms with E-state index in [0.717, 1.165) is 36.5 Å². The van der Waals surface area contributed by atoms with Crippen molar-refractivity contribution in [1.82, 2.24) is 0 Å². The summed E-state index contributed by atoms with van der Waals surface area (Å²) in [5.41, 5.74) is 3.21. The number of benzene rings is 2. The fraction of sp³-hybridized carbons (Fsp3) is 0.200. The highest BCUT2D eigenvalue weighted by molar-refractivity contribution is 9.11. The number of ether oxygens (including phenoxy) is 1. The van der Waals surface area contributed by atoms with E-state index in [-0.39, 0.29) is 0 Å². The number of hydrogen-bond acceptors (Lipinski definition) is 2. The van der Waals surface area contributed by atoms with Crippen LogP contribution in [0.1, 0.15) is 11.1 Å². The average Bonchev–Trinajstić information content (AvgIpc) is 2.37. The van der Waals surface area contributed by atoms with Crippen LogP contribution in [0.25, 0.3) is 0 Å². The van der Waals surface area contributed by atoms with Gasteiger partial charge in [-0.3, -0.25) is 0 Å². The van der Waals surface area contributed by atoms with E-state index in [1.807, 2.05) is 37.3 Å². The summed E-state index contributed by atoms with van der Waals surface area (Å²) in [5.74, 6) is 0.794. The van der Waals surface area contributed by atoms with Crippen molar-refractivity contribution in [2.75, 3.05) is 12.4 Å². The minimum absolute atomic E-state index is 0.684. The molecule has 0 fully saturated rings. The van der Waals surface area contributed by atoms with Gasteiger partial charge in [0.2, 0.25) is 0 Å². The summed E-state index contributed by atoms with van der Waals surface area (Å²) in [6.45, 7) is 2.71. The minimum atomic E-state index is 0.684. The first-order chi connectivity index (χ1) is 9.51. The molecular weight excluding hydrogens is 405 g/mol. The van der Waals surface area contributed by atoms with Crippen LogP contribution >= 0.6 is 43.5 Å². The molecule has 2 aromatic rings. The van der Waals surface area contributed by atoms with Gasteiger partial charge in [0.15, 0.2) is 0 Å². The lowest BCUT2D eigenvalue weighted by Crippen LogP contribution is -2.01. The summed E-state index contributed by atoms with van der Waals surface area (Å²) in [4.78, 5) is 0. The second-order valence-electron chi connectivity index (χ2n) is 4.43. The Hall–Kier alpha value is -0.710. The lowest BCUT2D eigenvalue weighted by molar-refractivity contribution is 0.409. The first kappa shape index (κ1) is 15.7. The molecule has 0 heterocycles. The summed E-state index contributed by atoms with van der Waals surface area (Å²) in [5, 5.41) is 4.07. The Morgan fingerprint density at radius 1 is 1.15 bits per heavy atom. The molecule has 0 saturated heterocycles. The van der Waals surface area contributed by atoms with Gasteiger partial charge < -0.3 is 10.1 Å². The van der Waals surface area contributed by atoms with Gasteiger partial charge in [-0.15, -0.1) is 0 Å². The van der Waals surface area contributed by atoms with Gasteiger partial charge >= 0.3 is 0 Å². The van der Waals surface area contributed by atoms with Crippen molar-refractivity contribution in [3.63, 3.8) is 0 Å². The first-order valence-corrected chi connectivity index (χ1v) is 7.99. The van der Waals surface area contributed by atoms with Gasteiger partial charge in [-0.25, -0.2) is 0 Å². The maximum absolute atomic E-state index is 6.20. The molecular formula is C15H14Br2ClNO. The fourth-order valence-corrected chi connectivity index (χ4v) is 3.78. The number of anilines is 1. The lowest BCUT2D eigenvalue weighted by atomic mass is 10.2. The molecule has 0 amide bonds. The lowest BCUT2D eigenvalue weighted by Gasteiger charge is -2.12. The van der Waals surface area contributed by atoms with E-state index in [0.29, 0.717) is 6.54 Å². The Bertz CT molecular complexity index is 608. The third-order valence-electron chi connectivity index (χ3n) is 2.87. The molecule has 0 unspecified atom stereocenters. The van der Waals surface area contributed by atoms with Crippen LogP contribution in [0.3, 0.4) is 0 Å². The molecule has 0 aliphatic carbocycles. The first-order valence-electron chi connectivity index (χ1n) is 6.03. The second kappa shape index (κ2) is 6.83. The number of nitrogens with one attached hydrogen (secondary N) is 1. The van der Waals surface area contributed by atoms with E-state index >= 15 is 0 Å². The van der Waals surface area contributed by atoms with Crippen molar-refractivity contribution < 1.29 is 4.74 Å². The van der Waals surface area contributed by atoms with E-state index in [9.17, 15) is 0 Å². The minimum Gasteiger partial charge on any atom is -0.494 e. The van der Waals surface area contributed by atoms with Crippen LogP contribution in [0.15, 0.2) is 39.3 Å². The monoisotopic (exact) mass is 417 g/mol. The van der Waals surface area contributed by atoms with Crippen molar-refractivity contribution in [2.45, 2.75) is 13.5 Å². The molecule has 0 aromatic heterocycles. The van der Waals surface area contributed by atoms with Crippen LogP contribution < -0.4 is 10.1 Å². The normalized spacial score (nSPS) is 10.4. The summed E-state index contributed by atoms with van der Waals surface area (Å²) >= 11 is 13.2. The van der Waals surface area contributed by atoms with Crippen molar-refractivity contribution in [3.8, 4) is 5.75 Å². The fourth-order valence-electron chi connectivity index (χ4n) is 1.87. The highest BCUT2D eigenvalue weighted by Gasteiger charge is 2.08. The Morgan fingerprint density at radius 2 is 1.80 bits per heavy atom. The van der Waals surface area contributed by atoms with E-state index in [1.165, 1.54) is 0 Å². The largest absolute Gasteiger partial charge is 0.494 e. The Labute approximate surface area is 140 Å². The smallest absolute Gasteiger partial charge is 0.147 e. The molecule has 2 aromatic carbocycles. The molecule has 106 valence electrons. The SMILES string of the molecule is COc1c(Br)cc(CNc2ccc(C)cc2Cl)cc1Br. The molecule has 0 radical (unpaired) electrons. The van der Waals surface area contributed by atoms with E-state index in [1.54, 1.807) is 7.11 Å². The summed E-state index contributed by atoms with van der Waals surface area (Å²) in [6, 6.07) is 10.0. The highest BCUT2D eigenvalue weighted by atomic mass is 79.9. The molecule has 20 heavy (non-hydrogen) atoms. The zero-order valence-electron chi connectivity index (χ0n) is 11.1. The Kier molecular flexibility index (Phi) is 5.35. The molecule has 1 N–H and O–H groups in total. The second-order valence-corrected chi connectivity index (χ2v) is 6.55. The van der Waals surface area contributed by atoms with Crippen LogP contribution in [0.2, 0.25) is 5.02 Å². The number of hydrogen-bond donors (Lipinski definition) is 1. The topological polar surface area (TPSA) is 21.3 Å². The maximum Gasteiger partial charge on any atom is 0.147 e. The van der Waals surface area contributed by atoms with Gasteiger partial charge in [0, 0.05) is 6.54 Å². The van der Waals surface area contributed by atoms with Crippen molar-refractivity contribution in [2.24, 2.45) is 0 Å². The van der Waals surface area contributed by atoms with Gasteiger partial charge in [-0.1, -0.05) is 17.7 Å². The standard InChI is InChI=1S/C15H14Br2ClNO/c1-9-3-4-14(13(18)5-9)19-8-10-6-11(16)15(20-2)12(17)7-10/h3-7,19H,8H2,1-2H3. The predicted octanol–water partition coefficient (Wildman–Crippen LogP) is 5.79. The van der Waals surface area contributed by atoms with Crippen LogP contribution in [0, 0.1) is 6.92 Å². The predicted molar refractivity (Wildman–Crippen MR) is 91.9 cm³/mol. The summed E-state index contributed by atoms with van der Waals surface area (Å²) in [7, 11) is 1.65. The zero-order valence-corrected chi connectivity index (χ0v) is 15.1. The number of methoxy groups -OCH3 is 1. The number of halogens is 3. The molecule has 0 aliphatic heterocycles. The Morgan fingerprint density at radius 3 is 2.35 bits per heavy atom. The molecule has 0 saturated carbocycles. The molecule has 0 spiro atoms. The van der Waals surface area contributed by atoms with Crippen LogP contribution in [-0.2, 0) is 6.54 Å². The van der Waals surface area contributed by atoms with Gasteiger partial charge in [0.25, 0.3) is 0 Å². The zero-order chi connectivity index (χ0) is 14.7. The quantitative estimate of drug-likeness (QED) is 0.677. The molecule has 0 aliphatic rings. The van der Waals surface area contributed by atoms with Gasteiger partial charge in [-0.2, -0.15) is 0 Å². The molecule has 0 bridgehead atoms. The molecule has 2 nitrogen and oxygen atoms in total. The number of rotatable bonds is 4. The average molecular weight is 420 g/mol.